The van der Waals surface area contributed by atoms with Crippen LogP contribution in [0.5, 0.6) is 5.75 Å². The quantitative estimate of drug-likeness (QED) is 0.318. The number of amides is 1. The molecule has 0 atom stereocenters. The van der Waals surface area contributed by atoms with Gasteiger partial charge in [-0.15, -0.1) is 0 Å². The summed E-state index contributed by atoms with van der Waals surface area (Å²) in [6, 6.07) is 21.3. The first kappa shape index (κ1) is 23.4. The van der Waals surface area contributed by atoms with Crippen molar-refractivity contribution >= 4 is 11.6 Å². The van der Waals surface area contributed by atoms with E-state index in [0.717, 1.165) is 39.5 Å². The number of rotatable bonds is 7. The van der Waals surface area contributed by atoms with E-state index in [9.17, 15) is 4.79 Å². The molecule has 0 saturated carbocycles. The molecular formula is C29H29N5O2. The molecule has 0 aliphatic carbocycles. The van der Waals surface area contributed by atoms with Gasteiger partial charge in [-0.2, -0.15) is 5.10 Å². The van der Waals surface area contributed by atoms with E-state index in [2.05, 4.69) is 4.98 Å². The topological polar surface area (TPSA) is 64.7 Å². The van der Waals surface area contributed by atoms with Crippen molar-refractivity contribution in [1.29, 1.82) is 0 Å². The number of fused-ring (bicyclic) bond motifs is 1. The number of aromatic nitrogens is 4. The fourth-order valence-corrected chi connectivity index (χ4v) is 4.38. The van der Waals surface area contributed by atoms with Crippen LogP contribution < -0.4 is 4.74 Å². The molecule has 0 aliphatic rings. The molecule has 2 aromatic carbocycles. The summed E-state index contributed by atoms with van der Waals surface area (Å²) in [5.74, 6) is 0.641. The van der Waals surface area contributed by atoms with Crippen molar-refractivity contribution in [2.75, 3.05) is 7.05 Å². The maximum Gasteiger partial charge on any atom is 0.253 e. The first-order valence-electron chi connectivity index (χ1n) is 11.9. The summed E-state index contributed by atoms with van der Waals surface area (Å²) in [4.78, 5) is 19.5. The Kier molecular flexibility index (Phi) is 6.29. The Morgan fingerprint density at radius 2 is 1.72 bits per heavy atom. The van der Waals surface area contributed by atoms with E-state index in [4.69, 9.17) is 9.84 Å². The lowest BCUT2D eigenvalue weighted by molar-refractivity contribution is 0.0784. The third kappa shape index (κ3) is 4.60. The smallest absolute Gasteiger partial charge is 0.253 e. The molecule has 7 nitrogen and oxygen atoms in total. The number of carbonyl (C=O) groups excluding carboxylic acids is 1. The van der Waals surface area contributed by atoms with Crippen LogP contribution in [0.25, 0.3) is 11.3 Å². The van der Waals surface area contributed by atoms with Crippen molar-refractivity contribution in [3.05, 3.63) is 113 Å². The van der Waals surface area contributed by atoms with Crippen molar-refractivity contribution in [2.24, 2.45) is 0 Å². The van der Waals surface area contributed by atoms with Crippen LogP contribution in [0.15, 0.2) is 79.1 Å². The summed E-state index contributed by atoms with van der Waals surface area (Å²) in [5.41, 5.74) is 7.52. The second-order valence-corrected chi connectivity index (χ2v) is 9.03. The van der Waals surface area contributed by atoms with Crippen LogP contribution in [-0.2, 0) is 13.2 Å². The Hall–Kier alpha value is -4.39. The minimum absolute atomic E-state index is 0.0522. The fraction of sp³-hybridized carbons (Fsp3) is 0.207. The van der Waals surface area contributed by atoms with Crippen LogP contribution in [0.2, 0.25) is 0 Å². The number of nitrogens with zero attached hydrogens (tertiary/aromatic N) is 5. The lowest BCUT2D eigenvalue weighted by Gasteiger charge is -2.18. The molecule has 3 heterocycles. The largest absolute Gasteiger partial charge is 0.487 e. The maximum absolute atomic E-state index is 13.1. The maximum atomic E-state index is 13.1. The molecule has 7 heteroatoms. The third-order valence-electron chi connectivity index (χ3n) is 6.40. The number of hydrogen-bond donors (Lipinski definition) is 0. The van der Waals surface area contributed by atoms with Crippen molar-refractivity contribution < 1.29 is 9.53 Å². The summed E-state index contributed by atoms with van der Waals surface area (Å²) < 4.78 is 9.85. The van der Waals surface area contributed by atoms with E-state index in [-0.39, 0.29) is 5.91 Å². The Labute approximate surface area is 210 Å². The van der Waals surface area contributed by atoms with Crippen LogP contribution in [0.3, 0.4) is 0 Å². The Morgan fingerprint density at radius 3 is 2.44 bits per heavy atom. The highest BCUT2D eigenvalue weighted by Gasteiger charge is 2.18. The number of aryl methyl sites for hydroxylation is 2. The highest BCUT2D eigenvalue weighted by molar-refractivity contribution is 5.94. The van der Waals surface area contributed by atoms with Crippen LogP contribution in [0.4, 0.5) is 0 Å². The molecule has 3 aromatic heterocycles. The summed E-state index contributed by atoms with van der Waals surface area (Å²) in [5, 5.41) is 4.70. The molecule has 0 bridgehead atoms. The monoisotopic (exact) mass is 479 g/mol. The molecule has 0 fully saturated rings. The zero-order chi connectivity index (χ0) is 25.2. The number of benzene rings is 2. The van der Waals surface area contributed by atoms with Crippen molar-refractivity contribution in [3.63, 3.8) is 0 Å². The first-order valence-corrected chi connectivity index (χ1v) is 11.9. The lowest BCUT2D eigenvalue weighted by Crippen LogP contribution is -2.26. The second-order valence-electron chi connectivity index (χ2n) is 9.03. The number of para-hydroxylation sites is 1. The number of carbonyl (C=O) groups is 1. The number of hydrogen-bond acceptors (Lipinski definition) is 4. The van der Waals surface area contributed by atoms with Gasteiger partial charge in [-0.05, 0) is 68.8 Å². The summed E-state index contributed by atoms with van der Waals surface area (Å²) in [6.45, 7) is 6.90. The molecule has 182 valence electrons. The SMILES string of the molecule is Cc1nn(-c2ccccc2)c(C)c1CN(C)C(=O)c1ccc(OCc2cn3cccc(C)c3n2)cc1. The summed E-state index contributed by atoms with van der Waals surface area (Å²) >= 11 is 0. The molecular weight excluding hydrogens is 450 g/mol. The molecule has 0 unspecified atom stereocenters. The summed E-state index contributed by atoms with van der Waals surface area (Å²) in [7, 11) is 1.82. The van der Waals surface area contributed by atoms with Gasteiger partial charge in [0, 0.05) is 42.8 Å². The number of pyridine rings is 1. The van der Waals surface area contributed by atoms with E-state index in [1.165, 1.54) is 0 Å². The fourth-order valence-electron chi connectivity index (χ4n) is 4.38. The zero-order valence-corrected chi connectivity index (χ0v) is 21.0. The van der Waals surface area contributed by atoms with Gasteiger partial charge in [0.15, 0.2) is 0 Å². The van der Waals surface area contributed by atoms with E-state index in [0.29, 0.717) is 24.5 Å². The predicted molar refractivity (Wildman–Crippen MR) is 140 cm³/mol. The molecule has 1 amide bonds. The highest BCUT2D eigenvalue weighted by Crippen LogP contribution is 2.21. The van der Waals surface area contributed by atoms with Crippen molar-refractivity contribution in [3.8, 4) is 11.4 Å². The van der Waals surface area contributed by atoms with Crippen LogP contribution >= 0.6 is 0 Å². The zero-order valence-electron chi connectivity index (χ0n) is 21.0. The van der Waals surface area contributed by atoms with E-state index in [1.807, 2.05) is 104 Å². The van der Waals surface area contributed by atoms with Crippen LogP contribution in [-0.4, -0.2) is 37.0 Å². The van der Waals surface area contributed by atoms with Crippen molar-refractivity contribution in [1.82, 2.24) is 24.1 Å². The van der Waals surface area contributed by atoms with Gasteiger partial charge in [0.1, 0.15) is 18.0 Å². The minimum Gasteiger partial charge on any atom is -0.487 e. The molecule has 0 saturated heterocycles. The van der Waals surface area contributed by atoms with Gasteiger partial charge in [0.2, 0.25) is 0 Å². The third-order valence-corrected chi connectivity index (χ3v) is 6.40. The lowest BCUT2D eigenvalue weighted by atomic mass is 10.1. The van der Waals surface area contributed by atoms with Gasteiger partial charge in [-0.1, -0.05) is 24.3 Å². The van der Waals surface area contributed by atoms with Gasteiger partial charge in [0.05, 0.1) is 17.1 Å². The predicted octanol–water partition coefficient (Wildman–Crippen LogP) is 5.30. The van der Waals surface area contributed by atoms with E-state index in [1.54, 1.807) is 17.0 Å². The van der Waals surface area contributed by atoms with Gasteiger partial charge in [-0.3, -0.25) is 4.79 Å². The molecule has 36 heavy (non-hydrogen) atoms. The molecule has 0 radical (unpaired) electrons. The van der Waals surface area contributed by atoms with Gasteiger partial charge in [0.25, 0.3) is 5.91 Å². The number of ether oxygens (including phenoxy) is 1. The average Bonchev–Trinajstić information content (AvgIpc) is 3.45. The molecule has 5 aromatic rings. The van der Waals surface area contributed by atoms with Crippen LogP contribution in [0.1, 0.15) is 38.6 Å². The Morgan fingerprint density at radius 1 is 0.972 bits per heavy atom. The van der Waals surface area contributed by atoms with E-state index < -0.39 is 0 Å². The molecule has 5 rings (SSSR count). The first-order chi connectivity index (χ1) is 17.4. The van der Waals surface area contributed by atoms with Gasteiger partial charge >= 0.3 is 0 Å². The highest BCUT2D eigenvalue weighted by atomic mass is 16.5. The molecule has 0 spiro atoms. The Balaban J connectivity index is 1.24. The molecule has 0 N–H and O–H groups in total. The average molecular weight is 480 g/mol. The van der Waals surface area contributed by atoms with E-state index >= 15 is 0 Å². The summed E-state index contributed by atoms with van der Waals surface area (Å²) in [6.07, 6.45) is 3.95. The van der Waals surface area contributed by atoms with Crippen LogP contribution in [0, 0.1) is 20.8 Å². The normalized spacial score (nSPS) is 11.1. The molecule has 0 aliphatic heterocycles. The van der Waals surface area contributed by atoms with Gasteiger partial charge < -0.3 is 14.0 Å². The number of imidazole rings is 1. The van der Waals surface area contributed by atoms with Crippen molar-refractivity contribution in [2.45, 2.75) is 33.9 Å². The standard InChI is InChI=1S/C29H29N5O2/c1-20-9-8-16-33-17-24(30-28(20)33)19-36-26-14-12-23(13-15-26)29(35)32(4)18-27-21(2)31-34(22(27)3)25-10-6-5-7-11-25/h5-17H,18-19H2,1-4H3. The van der Waals surface area contributed by atoms with Gasteiger partial charge in [-0.25, -0.2) is 9.67 Å². The Bertz CT molecular complexity index is 1520. The minimum atomic E-state index is -0.0522. The second kappa shape index (κ2) is 9.70.